The number of aryl methyl sites for hydroxylation is 1. The highest BCUT2D eigenvalue weighted by atomic mass is 79.9. The number of hydrogen-bond donors (Lipinski definition) is 1. The van der Waals surface area contributed by atoms with Crippen molar-refractivity contribution in [1.29, 1.82) is 0 Å². The topological polar surface area (TPSA) is 84.3 Å². The minimum absolute atomic E-state index is 0.121. The molecule has 8 heteroatoms. The van der Waals surface area contributed by atoms with Crippen molar-refractivity contribution in [3.63, 3.8) is 0 Å². The molecule has 0 aliphatic carbocycles. The summed E-state index contributed by atoms with van der Waals surface area (Å²) in [7, 11) is 1.52. The van der Waals surface area contributed by atoms with E-state index < -0.39 is 0 Å². The largest absolute Gasteiger partial charge is 0.335 e. The monoisotopic (exact) mass is 442 g/mol. The maximum atomic E-state index is 12.5. The Morgan fingerprint density at radius 2 is 1.96 bits per heavy atom. The lowest BCUT2D eigenvalue weighted by molar-refractivity contribution is -0.133. The molecule has 1 N–H and O–H groups in total. The molecule has 0 saturated heterocycles. The Labute approximate surface area is 170 Å². The summed E-state index contributed by atoms with van der Waals surface area (Å²) in [6.45, 7) is 1.58. The van der Waals surface area contributed by atoms with E-state index in [0.717, 1.165) is 10.0 Å². The summed E-state index contributed by atoms with van der Waals surface area (Å²) in [6, 6.07) is 12.5. The van der Waals surface area contributed by atoms with Crippen LogP contribution in [-0.4, -0.2) is 39.9 Å². The van der Waals surface area contributed by atoms with Gasteiger partial charge in [0.1, 0.15) is 6.54 Å². The Kier molecular flexibility index (Phi) is 5.89. The van der Waals surface area contributed by atoms with Crippen LogP contribution in [-0.2, 0) is 16.1 Å². The van der Waals surface area contributed by atoms with Crippen molar-refractivity contribution < 1.29 is 9.59 Å². The van der Waals surface area contributed by atoms with Gasteiger partial charge in [0.05, 0.1) is 23.8 Å². The Morgan fingerprint density at radius 1 is 1.21 bits per heavy atom. The molecule has 2 aromatic carbocycles. The maximum Gasteiger partial charge on any atom is 0.261 e. The van der Waals surface area contributed by atoms with Crippen LogP contribution in [0.2, 0.25) is 0 Å². The number of carbonyl (C=O) groups excluding carboxylic acids is 2. The van der Waals surface area contributed by atoms with Crippen molar-refractivity contribution in [1.82, 2.24) is 14.5 Å². The van der Waals surface area contributed by atoms with Crippen molar-refractivity contribution in [3.05, 3.63) is 69.2 Å². The third kappa shape index (κ3) is 4.45. The molecule has 0 atom stereocenters. The van der Waals surface area contributed by atoms with E-state index in [2.05, 4.69) is 26.2 Å². The molecule has 3 aromatic rings. The van der Waals surface area contributed by atoms with Crippen LogP contribution in [0.15, 0.2) is 58.1 Å². The summed E-state index contributed by atoms with van der Waals surface area (Å²) in [5.74, 6) is -0.674. The standard InChI is InChI=1S/C20H19BrN4O3/c1-13-9-14(21)7-8-16(13)23-18(26)10-24(2)19(27)11-25-12-22-17-6-4-3-5-15(17)20(25)28/h3-9,12H,10-11H2,1-2H3,(H,23,26). The fourth-order valence-electron chi connectivity index (χ4n) is 2.75. The predicted octanol–water partition coefficient (Wildman–Crippen LogP) is 2.56. The molecule has 1 heterocycles. The minimum Gasteiger partial charge on any atom is -0.335 e. The molecule has 0 fully saturated rings. The van der Waals surface area contributed by atoms with Gasteiger partial charge in [-0.15, -0.1) is 0 Å². The van der Waals surface area contributed by atoms with Gasteiger partial charge in [0, 0.05) is 17.2 Å². The molecule has 28 heavy (non-hydrogen) atoms. The number of anilines is 1. The van der Waals surface area contributed by atoms with Crippen LogP contribution < -0.4 is 10.9 Å². The van der Waals surface area contributed by atoms with Crippen molar-refractivity contribution in [2.45, 2.75) is 13.5 Å². The Morgan fingerprint density at radius 3 is 2.71 bits per heavy atom. The number of aromatic nitrogens is 2. The number of benzene rings is 2. The fraction of sp³-hybridized carbons (Fsp3) is 0.200. The van der Waals surface area contributed by atoms with Crippen molar-refractivity contribution in [2.24, 2.45) is 0 Å². The second-order valence-corrected chi connectivity index (χ2v) is 7.37. The molecule has 144 valence electrons. The lowest BCUT2D eigenvalue weighted by atomic mass is 10.2. The normalized spacial score (nSPS) is 10.7. The van der Waals surface area contributed by atoms with E-state index in [0.29, 0.717) is 16.6 Å². The lowest BCUT2D eigenvalue weighted by Gasteiger charge is -2.18. The van der Waals surface area contributed by atoms with Gasteiger partial charge >= 0.3 is 0 Å². The number of amides is 2. The average molecular weight is 443 g/mol. The Balaban J connectivity index is 1.65. The highest BCUT2D eigenvalue weighted by Crippen LogP contribution is 2.19. The SMILES string of the molecule is Cc1cc(Br)ccc1NC(=O)CN(C)C(=O)Cn1cnc2ccccc2c1=O. The van der Waals surface area contributed by atoms with Crippen LogP contribution in [0.5, 0.6) is 0 Å². The summed E-state index contributed by atoms with van der Waals surface area (Å²) >= 11 is 3.38. The lowest BCUT2D eigenvalue weighted by Crippen LogP contribution is -2.38. The first-order valence-corrected chi connectivity index (χ1v) is 9.38. The van der Waals surface area contributed by atoms with E-state index in [4.69, 9.17) is 0 Å². The van der Waals surface area contributed by atoms with Gasteiger partial charge in [-0.25, -0.2) is 4.98 Å². The Hall–Kier alpha value is -3.00. The average Bonchev–Trinajstić information content (AvgIpc) is 2.66. The third-order valence-electron chi connectivity index (χ3n) is 4.31. The predicted molar refractivity (Wildman–Crippen MR) is 111 cm³/mol. The van der Waals surface area contributed by atoms with E-state index in [1.807, 2.05) is 19.1 Å². The van der Waals surface area contributed by atoms with E-state index >= 15 is 0 Å². The first-order chi connectivity index (χ1) is 13.3. The highest BCUT2D eigenvalue weighted by Gasteiger charge is 2.15. The molecule has 0 aliphatic rings. The summed E-state index contributed by atoms with van der Waals surface area (Å²) in [6.07, 6.45) is 1.35. The van der Waals surface area contributed by atoms with E-state index in [9.17, 15) is 14.4 Å². The summed E-state index contributed by atoms with van der Waals surface area (Å²) in [5.41, 5.74) is 1.88. The zero-order valence-corrected chi connectivity index (χ0v) is 17.1. The van der Waals surface area contributed by atoms with Crippen molar-refractivity contribution >= 4 is 44.3 Å². The molecule has 7 nitrogen and oxygen atoms in total. The number of nitrogens with zero attached hydrogens (tertiary/aromatic N) is 3. The summed E-state index contributed by atoms with van der Waals surface area (Å²) in [4.78, 5) is 42.7. The molecule has 3 rings (SSSR count). The van der Waals surface area contributed by atoms with Gasteiger partial charge in [0.2, 0.25) is 11.8 Å². The van der Waals surface area contributed by atoms with Crippen LogP contribution in [0.3, 0.4) is 0 Å². The molecule has 2 amide bonds. The summed E-state index contributed by atoms with van der Waals surface area (Å²) in [5, 5.41) is 3.24. The zero-order chi connectivity index (χ0) is 20.3. The van der Waals surface area contributed by atoms with Gasteiger partial charge in [-0.1, -0.05) is 28.1 Å². The molecular formula is C20H19BrN4O3. The van der Waals surface area contributed by atoms with Crippen LogP contribution in [0, 0.1) is 6.92 Å². The van der Waals surface area contributed by atoms with Gasteiger partial charge < -0.3 is 10.2 Å². The maximum absolute atomic E-state index is 12.5. The van der Waals surface area contributed by atoms with Crippen LogP contribution >= 0.6 is 15.9 Å². The smallest absolute Gasteiger partial charge is 0.261 e. The fourth-order valence-corrected chi connectivity index (χ4v) is 3.22. The van der Waals surface area contributed by atoms with Crippen LogP contribution in [0.1, 0.15) is 5.56 Å². The highest BCUT2D eigenvalue weighted by molar-refractivity contribution is 9.10. The van der Waals surface area contributed by atoms with Crippen molar-refractivity contribution in [3.8, 4) is 0 Å². The first kappa shape index (κ1) is 19.8. The van der Waals surface area contributed by atoms with Gasteiger partial charge in [0.25, 0.3) is 5.56 Å². The number of halogens is 1. The van der Waals surface area contributed by atoms with Gasteiger partial charge in [-0.05, 0) is 42.8 Å². The van der Waals surface area contributed by atoms with E-state index in [1.54, 1.807) is 30.3 Å². The quantitative estimate of drug-likeness (QED) is 0.657. The summed E-state index contributed by atoms with van der Waals surface area (Å²) < 4.78 is 2.17. The molecule has 0 unspecified atom stereocenters. The van der Waals surface area contributed by atoms with Gasteiger partial charge in [-0.2, -0.15) is 0 Å². The van der Waals surface area contributed by atoms with Crippen LogP contribution in [0.25, 0.3) is 10.9 Å². The molecular weight excluding hydrogens is 424 g/mol. The molecule has 0 radical (unpaired) electrons. The number of nitrogens with one attached hydrogen (secondary N) is 1. The molecule has 0 aliphatic heterocycles. The number of likely N-dealkylation sites (N-methyl/N-ethyl adjacent to an activating group) is 1. The minimum atomic E-state index is -0.359. The zero-order valence-electron chi connectivity index (χ0n) is 15.5. The van der Waals surface area contributed by atoms with Crippen LogP contribution in [0.4, 0.5) is 5.69 Å². The molecule has 0 bridgehead atoms. The second kappa shape index (κ2) is 8.35. The van der Waals surface area contributed by atoms with Crippen molar-refractivity contribution in [2.75, 3.05) is 18.9 Å². The number of hydrogen-bond acceptors (Lipinski definition) is 4. The number of fused-ring (bicyclic) bond motifs is 1. The Bertz CT molecular complexity index is 1110. The van der Waals surface area contributed by atoms with E-state index in [1.165, 1.54) is 22.8 Å². The number of para-hydroxylation sites is 1. The molecule has 0 saturated carbocycles. The van der Waals surface area contributed by atoms with E-state index in [-0.39, 0.29) is 30.5 Å². The van der Waals surface area contributed by atoms with Gasteiger partial charge in [0.15, 0.2) is 0 Å². The molecule has 0 spiro atoms. The number of carbonyl (C=O) groups is 2. The first-order valence-electron chi connectivity index (χ1n) is 8.59. The second-order valence-electron chi connectivity index (χ2n) is 6.45. The number of rotatable bonds is 5. The molecule has 1 aromatic heterocycles. The third-order valence-corrected chi connectivity index (χ3v) is 4.80. The van der Waals surface area contributed by atoms with Gasteiger partial charge in [-0.3, -0.25) is 19.0 Å².